The molecule has 0 aliphatic carbocycles. The molecule has 1 unspecified atom stereocenters. The molecular formula is C8H9Br2ClS. The minimum absolute atomic E-state index is 0.455. The van der Waals surface area contributed by atoms with Gasteiger partial charge in [-0.15, -0.1) is 11.3 Å². The van der Waals surface area contributed by atoms with Gasteiger partial charge in [0.05, 0.1) is 8.81 Å². The molecule has 1 atom stereocenters. The SMILES string of the molecule is CCCC(Br)c1cc(Cl)c(Br)s1. The molecule has 0 fully saturated rings. The Morgan fingerprint density at radius 2 is 2.33 bits per heavy atom. The lowest BCUT2D eigenvalue weighted by atomic mass is 10.2. The number of hydrogen-bond acceptors (Lipinski definition) is 1. The molecule has 1 aromatic rings. The standard InChI is InChI=1S/C8H9Br2ClS/c1-2-3-5(9)7-4-6(11)8(10)12-7/h4-5H,2-3H2,1H3. The maximum atomic E-state index is 5.92. The molecule has 0 radical (unpaired) electrons. The fourth-order valence-corrected chi connectivity index (χ4v) is 3.54. The molecule has 0 bridgehead atoms. The second-order valence-electron chi connectivity index (χ2n) is 2.53. The van der Waals surface area contributed by atoms with E-state index in [-0.39, 0.29) is 0 Å². The Kier molecular flexibility index (Phi) is 4.58. The predicted octanol–water partition coefficient (Wildman–Crippen LogP) is 5.40. The van der Waals surface area contributed by atoms with Crippen LogP contribution in [-0.4, -0.2) is 0 Å². The number of halogens is 3. The smallest absolute Gasteiger partial charge is 0.0887 e. The van der Waals surface area contributed by atoms with Crippen LogP contribution in [0.3, 0.4) is 0 Å². The van der Waals surface area contributed by atoms with E-state index >= 15 is 0 Å². The van der Waals surface area contributed by atoms with Crippen LogP contribution in [-0.2, 0) is 0 Å². The normalized spacial score (nSPS) is 13.3. The summed E-state index contributed by atoms with van der Waals surface area (Å²) in [6.45, 7) is 2.18. The first kappa shape index (κ1) is 11.0. The largest absolute Gasteiger partial charge is 0.130 e. The van der Waals surface area contributed by atoms with Crippen LogP contribution < -0.4 is 0 Å². The average Bonchev–Trinajstić information content (AvgIpc) is 2.33. The Morgan fingerprint density at radius 1 is 1.67 bits per heavy atom. The van der Waals surface area contributed by atoms with Crippen molar-refractivity contribution >= 4 is 54.8 Å². The van der Waals surface area contributed by atoms with Crippen molar-refractivity contribution in [2.75, 3.05) is 0 Å². The molecule has 1 aromatic heterocycles. The summed E-state index contributed by atoms with van der Waals surface area (Å²) in [5.41, 5.74) is 0. The summed E-state index contributed by atoms with van der Waals surface area (Å²) < 4.78 is 1.03. The molecule has 0 N–H and O–H groups in total. The lowest BCUT2D eigenvalue weighted by Gasteiger charge is -2.03. The fraction of sp³-hybridized carbons (Fsp3) is 0.500. The third-order valence-corrected chi connectivity index (χ3v) is 5.36. The molecule has 68 valence electrons. The van der Waals surface area contributed by atoms with Crippen molar-refractivity contribution in [2.45, 2.75) is 24.6 Å². The Balaban J connectivity index is 2.74. The van der Waals surface area contributed by atoms with Crippen molar-refractivity contribution in [3.05, 3.63) is 19.8 Å². The second-order valence-corrected chi connectivity index (χ2v) is 6.44. The molecule has 0 saturated carbocycles. The van der Waals surface area contributed by atoms with Gasteiger partial charge in [-0.1, -0.05) is 40.9 Å². The highest BCUT2D eigenvalue weighted by Crippen LogP contribution is 2.39. The molecule has 0 spiro atoms. The molecule has 0 aromatic carbocycles. The fourth-order valence-electron chi connectivity index (χ4n) is 0.913. The quantitative estimate of drug-likeness (QED) is 0.650. The monoisotopic (exact) mass is 330 g/mol. The Bertz CT molecular complexity index is 240. The summed E-state index contributed by atoms with van der Waals surface area (Å²) >= 11 is 14.6. The van der Waals surface area contributed by atoms with Gasteiger partial charge in [0.15, 0.2) is 0 Å². The number of thiophene rings is 1. The van der Waals surface area contributed by atoms with E-state index in [1.165, 1.54) is 11.3 Å². The van der Waals surface area contributed by atoms with Gasteiger partial charge in [-0.3, -0.25) is 0 Å². The van der Waals surface area contributed by atoms with E-state index in [9.17, 15) is 0 Å². The summed E-state index contributed by atoms with van der Waals surface area (Å²) in [7, 11) is 0. The summed E-state index contributed by atoms with van der Waals surface area (Å²) in [6, 6.07) is 2.02. The molecule has 1 rings (SSSR count). The molecule has 0 amide bonds. The van der Waals surface area contributed by atoms with Crippen LogP contribution in [0, 0.1) is 0 Å². The van der Waals surface area contributed by atoms with Gasteiger partial charge in [-0.05, 0) is 28.4 Å². The van der Waals surface area contributed by atoms with Crippen molar-refractivity contribution in [3.63, 3.8) is 0 Å². The summed E-state index contributed by atoms with van der Waals surface area (Å²) in [5.74, 6) is 0. The molecule has 12 heavy (non-hydrogen) atoms. The van der Waals surface area contributed by atoms with E-state index in [1.54, 1.807) is 11.3 Å². The number of alkyl halides is 1. The minimum Gasteiger partial charge on any atom is -0.130 e. The molecular weight excluding hydrogens is 323 g/mol. The van der Waals surface area contributed by atoms with Crippen molar-refractivity contribution < 1.29 is 0 Å². The van der Waals surface area contributed by atoms with Gasteiger partial charge in [-0.25, -0.2) is 0 Å². The van der Waals surface area contributed by atoms with Gasteiger partial charge in [0.25, 0.3) is 0 Å². The average molecular weight is 332 g/mol. The van der Waals surface area contributed by atoms with Gasteiger partial charge in [0.1, 0.15) is 0 Å². The van der Waals surface area contributed by atoms with Gasteiger partial charge >= 0.3 is 0 Å². The topological polar surface area (TPSA) is 0 Å². The van der Waals surface area contributed by atoms with Crippen LogP contribution in [0.4, 0.5) is 0 Å². The highest BCUT2D eigenvalue weighted by Gasteiger charge is 2.11. The summed E-state index contributed by atoms with van der Waals surface area (Å²) in [6.07, 6.45) is 2.34. The van der Waals surface area contributed by atoms with Crippen molar-refractivity contribution in [3.8, 4) is 0 Å². The van der Waals surface area contributed by atoms with Gasteiger partial charge in [-0.2, -0.15) is 0 Å². The lowest BCUT2D eigenvalue weighted by molar-refractivity contribution is 0.798. The van der Waals surface area contributed by atoms with Crippen LogP contribution in [0.5, 0.6) is 0 Å². The van der Waals surface area contributed by atoms with Crippen LogP contribution in [0.25, 0.3) is 0 Å². The van der Waals surface area contributed by atoms with Gasteiger partial charge in [0, 0.05) is 9.70 Å². The Morgan fingerprint density at radius 3 is 2.75 bits per heavy atom. The first-order chi connectivity index (χ1) is 5.65. The second kappa shape index (κ2) is 4.99. The zero-order valence-corrected chi connectivity index (χ0v) is 11.4. The van der Waals surface area contributed by atoms with Gasteiger partial charge < -0.3 is 0 Å². The van der Waals surface area contributed by atoms with E-state index in [4.69, 9.17) is 11.6 Å². The number of hydrogen-bond donors (Lipinski definition) is 0. The molecule has 4 heteroatoms. The highest BCUT2D eigenvalue weighted by atomic mass is 79.9. The Labute approximate surface area is 98.6 Å². The predicted molar refractivity (Wildman–Crippen MR) is 63.6 cm³/mol. The maximum Gasteiger partial charge on any atom is 0.0887 e. The lowest BCUT2D eigenvalue weighted by Crippen LogP contribution is -1.82. The van der Waals surface area contributed by atoms with E-state index in [0.29, 0.717) is 4.83 Å². The van der Waals surface area contributed by atoms with E-state index < -0.39 is 0 Å². The van der Waals surface area contributed by atoms with Crippen LogP contribution in [0.2, 0.25) is 5.02 Å². The molecule has 1 heterocycles. The highest BCUT2D eigenvalue weighted by molar-refractivity contribution is 9.11. The van der Waals surface area contributed by atoms with Gasteiger partial charge in [0.2, 0.25) is 0 Å². The minimum atomic E-state index is 0.455. The van der Waals surface area contributed by atoms with Crippen molar-refractivity contribution in [1.82, 2.24) is 0 Å². The van der Waals surface area contributed by atoms with Crippen molar-refractivity contribution in [1.29, 1.82) is 0 Å². The number of rotatable bonds is 3. The summed E-state index contributed by atoms with van der Waals surface area (Å²) in [5, 5.41) is 0.815. The zero-order chi connectivity index (χ0) is 9.14. The molecule has 0 aliphatic heterocycles. The molecule has 0 saturated heterocycles. The third-order valence-electron chi connectivity index (χ3n) is 1.52. The Hall–Kier alpha value is 0.950. The molecule has 0 aliphatic rings. The van der Waals surface area contributed by atoms with Crippen LogP contribution in [0.15, 0.2) is 9.85 Å². The third kappa shape index (κ3) is 2.72. The zero-order valence-electron chi connectivity index (χ0n) is 6.61. The first-order valence-electron chi connectivity index (χ1n) is 3.74. The van der Waals surface area contributed by atoms with Crippen LogP contribution in [0.1, 0.15) is 29.5 Å². The molecule has 0 nitrogen and oxygen atoms in total. The van der Waals surface area contributed by atoms with E-state index in [0.717, 1.165) is 15.2 Å². The first-order valence-corrected chi connectivity index (χ1v) is 6.64. The van der Waals surface area contributed by atoms with Crippen molar-refractivity contribution in [2.24, 2.45) is 0 Å². The maximum absolute atomic E-state index is 5.92. The summed E-state index contributed by atoms with van der Waals surface area (Å²) in [4.78, 5) is 1.75. The van der Waals surface area contributed by atoms with Crippen LogP contribution >= 0.6 is 54.8 Å². The van der Waals surface area contributed by atoms with E-state index in [1.807, 2.05) is 6.07 Å². The van der Waals surface area contributed by atoms with E-state index in [2.05, 4.69) is 38.8 Å².